The molecule has 0 radical (unpaired) electrons. The summed E-state index contributed by atoms with van der Waals surface area (Å²) in [5, 5.41) is 13.2. The van der Waals surface area contributed by atoms with Crippen LogP contribution in [0.2, 0.25) is 5.02 Å². The van der Waals surface area contributed by atoms with E-state index in [-0.39, 0.29) is 16.8 Å². The predicted octanol–water partition coefficient (Wildman–Crippen LogP) is 4.01. The van der Waals surface area contributed by atoms with Crippen LogP contribution in [0.3, 0.4) is 0 Å². The molecule has 0 spiro atoms. The van der Waals surface area contributed by atoms with Crippen LogP contribution in [0.1, 0.15) is 6.92 Å². The predicted molar refractivity (Wildman–Crippen MR) is 90.3 cm³/mol. The molecule has 0 aromatic heterocycles. The molecule has 0 unspecified atom stereocenters. The maximum absolute atomic E-state index is 13.4. The Kier molecular flexibility index (Phi) is 5.62. The van der Waals surface area contributed by atoms with Gasteiger partial charge in [-0.05, 0) is 65.3 Å². The standard InChI is InChI=1S/C16H14BrClFNO3/c1-16(22,9-23-12-5-2-10(18)3-6-12)15(21)20-11-4-7-13(17)14(19)8-11/h2-8,22H,9H2,1H3,(H,20,21)/t16-/m0/s1. The summed E-state index contributed by atoms with van der Waals surface area (Å²) < 4.78 is 19.1. The smallest absolute Gasteiger partial charge is 0.259 e. The Morgan fingerprint density at radius 1 is 1.35 bits per heavy atom. The first-order valence-corrected chi connectivity index (χ1v) is 7.82. The van der Waals surface area contributed by atoms with Gasteiger partial charge in [0.2, 0.25) is 0 Å². The fraction of sp³-hybridized carbons (Fsp3) is 0.188. The molecule has 2 rings (SSSR count). The van der Waals surface area contributed by atoms with Crippen LogP contribution in [0, 0.1) is 5.82 Å². The van der Waals surface area contributed by atoms with Crippen molar-refractivity contribution in [2.75, 3.05) is 11.9 Å². The summed E-state index contributed by atoms with van der Waals surface area (Å²) in [6.45, 7) is 1.05. The van der Waals surface area contributed by atoms with Crippen LogP contribution >= 0.6 is 27.5 Å². The van der Waals surface area contributed by atoms with E-state index in [4.69, 9.17) is 16.3 Å². The summed E-state index contributed by atoms with van der Waals surface area (Å²) in [4.78, 5) is 12.1. The molecule has 0 bridgehead atoms. The molecule has 2 aromatic rings. The Balaban J connectivity index is 1.98. The average Bonchev–Trinajstić information content (AvgIpc) is 2.50. The lowest BCUT2D eigenvalue weighted by Crippen LogP contribution is -2.45. The van der Waals surface area contributed by atoms with Gasteiger partial charge in [-0.15, -0.1) is 0 Å². The van der Waals surface area contributed by atoms with Crippen LogP contribution in [-0.2, 0) is 4.79 Å². The first-order chi connectivity index (χ1) is 10.8. The second-order valence-corrected chi connectivity index (χ2v) is 6.39. The Hall–Kier alpha value is -1.63. The van der Waals surface area contributed by atoms with E-state index in [1.807, 2.05) is 0 Å². The highest BCUT2D eigenvalue weighted by Crippen LogP contribution is 2.21. The number of amides is 1. The molecule has 0 aliphatic heterocycles. The quantitative estimate of drug-likeness (QED) is 0.794. The van der Waals surface area contributed by atoms with Gasteiger partial charge in [-0.25, -0.2) is 4.39 Å². The van der Waals surface area contributed by atoms with Crippen molar-refractivity contribution < 1.29 is 19.0 Å². The number of ether oxygens (including phenoxy) is 1. The lowest BCUT2D eigenvalue weighted by molar-refractivity contribution is -0.135. The van der Waals surface area contributed by atoms with Crippen LogP contribution in [0.25, 0.3) is 0 Å². The lowest BCUT2D eigenvalue weighted by atomic mass is 10.1. The zero-order valence-corrected chi connectivity index (χ0v) is 14.5. The summed E-state index contributed by atoms with van der Waals surface area (Å²) in [6, 6.07) is 10.6. The minimum Gasteiger partial charge on any atom is -0.490 e. The second kappa shape index (κ2) is 7.29. The van der Waals surface area contributed by atoms with Crippen molar-refractivity contribution in [1.29, 1.82) is 0 Å². The number of anilines is 1. The number of nitrogens with one attached hydrogen (secondary N) is 1. The van der Waals surface area contributed by atoms with Crippen LogP contribution in [0.5, 0.6) is 5.75 Å². The molecule has 1 atom stereocenters. The Morgan fingerprint density at radius 2 is 2.00 bits per heavy atom. The van der Waals surface area contributed by atoms with Crippen LogP contribution < -0.4 is 10.1 Å². The normalized spacial score (nSPS) is 13.3. The molecule has 2 N–H and O–H groups in total. The van der Waals surface area contributed by atoms with Crippen LogP contribution in [-0.4, -0.2) is 23.2 Å². The molecule has 0 saturated carbocycles. The van der Waals surface area contributed by atoms with E-state index >= 15 is 0 Å². The molecule has 0 saturated heterocycles. The summed E-state index contributed by atoms with van der Waals surface area (Å²) in [5.41, 5.74) is -1.55. The Morgan fingerprint density at radius 3 is 2.61 bits per heavy atom. The molecule has 0 fully saturated rings. The molecular formula is C16H14BrClFNO3. The third kappa shape index (κ3) is 4.92. The van der Waals surface area contributed by atoms with Crippen LogP contribution in [0.15, 0.2) is 46.9 Å². The van der Waals surface area contributed by atoms with Crippen molar-refractivity contribution in [3.05, 3.63) is 57.8 Å². The third-order valence-electron chi connectivity index (χ3n) is 3.00. The minimum absolute atomic E-state index is 0.238. The molecule has 4 nitrogen and oxygen atoms in total. The van der Waals surface area contributed by atoms with Crippen molar-refractivity contribution in [2.24, 2.45) is 0 Å². The van der Waals surface area contributed by atoms with Gasteiger partial charge in [-0.3, -0.25) is 4.79 Å². The number of halogens is 3. The van der Waals surface area contributed by atoms with Gasteiger partial charge in [0, 0.05) is 10.7 Å². The summed E-state index contributed by atoms with van der Waals surface area (Å²) in [5.74, 6) is -0.745. The van der Waals surface area contributed by atoms with Gasteiger partial charge in [-0.2, -0.15) is 0 Å². The van der Waals surface area contributed by atoms with E-state index in [1.54, 1.807) is 24.3 Å². The van der Waals surface area contributed by atoms with Gasteiger partial charge < -0.3 is 15.2 Å². The molecular weight excluding hydrogens is 389 g/mol. The molecule has 1 amide bonds. The molecule has 23 heavy (non-hydrogen) atoms. The van der Waals surface area contributed by atoms with E-state index in [9.17, 15) is 14.3 Å². The van der Waals surface area contributed by atoms with Crippen molar-refractivity contribution in [3.8, 4) is 5.75 Å². The van der Waals surface area contributed by atoms with Gasteiger partial charge in [0.1, 0.15) is 18.2 Å². The van der Waals surface area contributed by atoms with Gasteiger partial charge >= 0.3 is 0 Å². The molecule has 0 aliphatic rings. The highest BCUT2D eigenvalue weighted by Gasteiger charge is 2.31. The highest BCUT2D eigenvalue weighted by molar-refractivity contribution is 9.10. The zero-order chi connectivity index (χ0) is 17.0. The largest absolute Gasteiger partial charge is 0.490 e. The van der Waals surface area contributed by atoms with Crippen molar-refractivity contribution >= 4 is 39.1 Å². The number of carbonyl (C=O) groups is 1. The number of carbonyl (C=O) groups excluding carboxylic acids is 1. The number of rotatable bonds is 5. The Bertz CT molecular complexity index is 707. The van der Waals surface area contributed by atoms with E-state index < -0.39 is 17.3 Å². The SMILES string of the molecule is C[C@](O)(COc1ccc(Cl)cc1)C(=O)Nc1ccc(Br)c(F)c1. The van der Waals surface area contributed by atoms with Crippen molar-refractivity contribution in [3.63, 3.8) is 0 Å². The average molecular weight is 403 g/mol. The molecule has 7 heteroatoms. The van der Waals surface area contributed by atoms with E-state index in [1.165, 1.54) is 19.1 Å². The van der Waals surface area contributed by atoms with E-state index in [0.29, 0.717) is 10.8 Å². The summed E-state index contributed by atoms with van der Waals surface area (Å²) in [7, 11) is 0. The fourth-order valence-electron chi connectivity index (χ4n) is 1.66. The van der Waals surface area contributed by atoms with E-state index in [2.05, 4.69) is 21.2 Å². The summed E-state index contributed by atoms with van der Waals surface area (Å²) >= 11 is 8.79. The lowest BCUT2D eigenvalue weighted by Gasteiger charge is -2.22. The molecule has 2 aromatic carbocycles. The van der Waals surface area contributed by atoms with Crippen molar-refractivity contribution in [2.45, 2.75) is 12.5 Å². The summed E-state index contributed by atoms with van der Waals surface area (Å²) in [6.07, 6.45) is 0. The fourth-order valence-corrected chi connectivity index (χ4v) is 2.03. The van der Waals surface area contributed by atoms with Gasteiger partial charge in [0.15, 0.2) is 5.60 Å². The maximum atomic E-state index is 13.4. The first kappa shape index (κ1) is 17.7. The van der Waals surface area contributed by atoms with Crippen LogP contribution in [0.4, 0.5) is 10.1 Å². The van der Waals surface area contributed by atoms with E-state index in [0.717, 1.165) is 6.07 Å². The zero-order valence-electron chi connectivity index (χ0n) is 12.1. The van der Waals surface area contributed by atoms with Gasteiger partial charge in [0.25, 0.3) is 5.91 Å². The second-order valence-electron chi connectivity index (χ2n) is 5.10. The van der Waals surface area contributed by atoms with Gasteiger partial charge in [-0.1, -0.05) is 11.6 Å². The monoisotopic (exact) mass is 401 g/mol. The highest BCUT2D eigenvalue weighted by atomic mass is 79.9. The topological polar surface area (TPSA) is 58.6 Å². The third-order valence-corrected chi connectivity index (χ3v) is 3.90. The Labute approximate surface area is 146 Å². The number of hydrogen-bond acceptors (Lipinski definition) is 3. The number of hydrogen-bond donors (Lipinski definition) is 2. The minimum atomic E-state index is -1.79. The number of aliphatic hydroxyl groups is 1. The molecule has 0 heterocycles. The van der Waals surface area contributed by atoms with Crippen molar-refractivity contribution in [1.82, 2.24) is 0 Å². The molecule has 0 aliphatic carbocycles. The maximum Gasteiger partial charge on any atom is 0.259 e. The first-order valence-electron chi connectivity index (χ1n) is 6.65. The molecule has 122 valence electrons. The van der Waals surface area contributed by atoms with Gasteiger partial charge in [0.05, 0.1) is 4.47 Å². The number of benzene rings is 2.